The fourth-order valence-electron chi connectivity index (χ4n) is 1.65. The molecule has 2 N–H and O–H groups in total. The molecule has 1 amide bonds. The van der Waals surface area contributed by atoms with Gasteiger partial charge in [0.1, 0.15) is 5.69 Å². The van der Waals surface area contributed by atoms with Crippen molar-refractivity contribution in [2.45, 2.75) is 0 Å². The summed E-state index contributed by atoms with van der Waals surface area (Å²) in [6.07, 6.45) is 1.63. The van der Waals surface area contributed by atoms with E-state index in [0.29, 0.717) is 18.8 Å². The van der Waals surface area contributed by atoms with Crippen LogP contribution in [0.3, 0.4) is 0 Å². The molecule has 0 aliphatic rings. The number of ether oxygens (including phenoxy) is 1. The molecule has 0 aliphatic carbocycles. The van der Waals surface area contributed by atoms with Crippen LogP contribution >= 0.6 is 0 Å². The molecule has 0 atom stereocenters. The average Bonchev–Trinajstić information content (AvgIpc) is 2.49. The molecule has 0 unspecified atom stereocenters. The minimum Gasteiger partial charge on any atom is -0.383 e. The molecule has 0 fully saturated rings. The molecule has 5 heteroatoms. The summed E-state index contributed by atoms with van der Waals surface area (Å²) in [7, 11) is 1.65. The standard InChI is InChI=1S/C15H17N3O2/c1-20-10-9-16-13-7-8-14(17-11-13)15(19)18-12-5-3-2-4-6-12/h2-8,11,16H,9-10H2,1H3,(H,18,19). The lowest BCUT2D eigenvalue weighted by molar-refractivity contribution is 0.102. The van der Waals surface area contributed by atoms with E-state index in [4.69, 9.17) is 4.74 Å². The van der Waals surface area contributed by atoms with Gasteiger partial charge in [0.25, 0.3) is 5.91 Å². The van der Waals surface area contributed by atoms with Gasteiger partial charge in [-0.15, -0.1) is 0 Å². The minimum atomic E-state index is -0.223. The zero-order chi connectivity index (χ0) is 14.2. The first-order chi connectivity index (χ1) is 9.79. The quantitative estimate of drug-likeness (QED) is 0.792. The minimum absolute atomic E-state index is 0.223. The maximum atomic E-state index is 12.0. The summed E-state index contributed by atoms with van der Waals surface area (Å²) in [4.78, 5) is 16.1. The largest absolute Gasteiger partial charge is 0.383 e. The first-order valence-corrected chi connectivity index (χ1v) is 6.35. The number of para-hydroxylation sites is 1. The Labute approximate surface area is 118 Å². The molecule has 0 saturated carbocycles. The van der Waals surface area contributed by atoms with Crippen LogP contribution in [0.5, 0.6) is 0 Å². The lowest BCUT2D eigenvalue weighted by Gasteiger charge is -2.07. The number of nitrogens with zero attached hydrogens (tertiary/aromatic N) is 1. The molecule has 20 heavy (non-hydrogen) atoms. The first kappa shape index (κ1) is 14.0. The number of nitrogens with one attached hydrogen (secondary N) is 2. The Kier molecular flexibility index (Phi) is 5.08. The van der Waals surface area contributed by atoms with Crippen molar-refractivity contribution in [3.05, 3.63) is 54.4 Å². The van der Waals surface area contributed by atoms with Crippen molar-refractivity contribution in [1.82, 2.24) is 4.98 Å². The van der Waals surface area contributed by atoms with E-state index in [9.17, 15) is 4.79 Å². The van der Waals surface area contributed by atoms with Gasteiger partial charge < -0.3 is 15.4 Å². The molecule has 2 aromatic rings. The maximum Gasteiger partial charge on any atom is 0.274 e. The zero-order valence-electron chi connectivity index (χ0n) is 11.3. The Hall–Kier alpha value is -2.40. The third kappa shape index (κ3) is 4.07. The molecule has 0 aliphatic heterocycles. The van der Waals surface area contributed by atoms with Gasteiger partial charge in [-0.25, -0.2) is 4.98 Å². The van der Waals surface area contributed by atoms with Crippen LogP contribution in [0.15, 0.2) is 48.7 Å². The summed E-state index contributed by atoms with van der Waals surface area (Å²) in [6.45, 7) is 1.32. The van der Waals surface area contributed by atoms with Crippen LogP contribution in [0.4, 0.5) is 11.4 Å². The second kappa shape index (κ2) is 7.25. The summed E-state index contributed by atoms with van der Waals surface area (Å²) in [5.74, 6) is -0.223. The summed E-state index contributed by atoms with van der Waals surface area (Å²) < 4.78 is 4.94. The van der Waals surface area contributed by atoms with Crippen molar-refractivity contribution in [2.75, 3.05) is 30.9 Å². The number of hydrogen-bond donors (Lipinski definition) is 2. The highest BCUT2D eigenvalue weighted by molar-refractivity contribution is 6.02. The Balaban J connectivity index is 1.94. The van der Waals surface area contributed by atoms with E-state index < -0.39 is 0 Å². The Morgan fingerprint density at radius 3 is 2.60 bits per heavy atom. The molecule has 104 valence electrons. The summed E-state index contributed by atoms with van der Waals surface area (Å²) >= 11 is 0. The second-order valence-electron chi connectivity index (χ2n) is 4.17. The van der Waals surface area contributed by atoms with E-state index in [0.717, 1.165) is 11.4 Å². The molecular weight excluding hydrogens is 254 g/mol. The maximum absolute atomic E-state index is 12.0. The summed E-state index contributed by atoms with van der Waals surface area (Å²) in [6, 6.07) is 12.8. The predicted molar refractivity (Wildman–Crippen MR) is 79.0 cm³/mol. The number of pyridine rings is 1. The van der Waals surface area contributed by atoms with E-state index in [1.165, 1.54) is 0 Å². The number of carbonyl (C=O) groups excluding carboxylic acids is 1. The average molecular weight is 271 g/mol. The van der Waals surface area contributed by atoms with Gasteiger partial charge in [-0.3, -0.25) is 4.79 Å². The van der Waals surface area contributed by atoms with Crippen molar-refractivity contribution in [3.8, 4) is 0 Å². The molecule has 1 aromatic carbocycles. The van der Waals surface area contributed by atoms with Crippen LogP contribution in [0.25, 0.3) is 0 Å². The molecule has 0 bridgehead atoms. The van der Waals surface area contributed by atoms with E-state index in [1.54, 1.807) is 19.4 Å². The van der Waals surface area contributed by atoms with Gasteiger partial charge in [-0.05, 0) is 24.3 Å². The Bertz CT molecular complexity index is 541. The van der Waals surface area contributed by atoms with E-state index >= 15 is 0 Å². The van der Waals surface area contributed by atoms with Crippen molar-refractivity contribution in [3.63, 3.8) is 0 Å². The van der Waals surface area contributed by atoms with Gasteiger partial charge in [0.2, 0.25) is 0 Å². The number of anilines is 2. The molecule has 0 saturated heterocycles. The van der Waals surface area contributed by atoms with E-state index in [1.807, 2.05) is 36.4 Å². The number of hydrogen-bond acceptors (Lipinski definition) is 4. The van der Waals surface area contributed by atoms with Crippen LogP contribution in [-0.2, 0) is 4.74 Å². The third-order valence-electron chi connectivity index (χ3n) is 2.66. The van der Waals surface area contributed by atoms with Crippen molar-refractivity contribution in [2.24, 2.45) is 0 Å². The van der Waals surface area contributed by atoms with Crippen LogP contribution in [-0.4, -0.2) is 31.2 Å². The predicted octanol–water partition coefficient (Wildman–Crippen LogP) is 2.39. The van der Waals surface area contributed by atoms with Gasteiger partial charge >= 0.3 is 0 Å². The van der Waals surface area contributed by atoms with E-state index in [-0.39, 0.29) is 5.91 Å². The van der Waals surface area contributed by atoms with Crippen LogP contribution in [0.1, 0.15) is 10.5 Å². The molecular formula is C15H17N3O2. The molecule has 0 spiro atoms. The lowest BCUT2D eigenvalue weighted by Crippen LogP contribution is -2.14. The zero-order valence-corrected chi connectivity index (χ0v) is 11.3. The Morgan fingerprint density at radius 2 is 1.95 bits per heavy atom. The second-order valence-corrected chi connectivity index (χ2v) is 4.17. The number of carbonyl (C=O) groups is 1. The van der Waals surface area contributed by atoms with Gasteiger partial charge in [-0.1, -0.05) is 18.2 Å². The van der Waals surface area contributed by atoms with Gasteiger partial charge in [0.15, 0.2) is 0 Å². The van der Waals surface area contributed by atoms with Crippen LogP contribution < -0.4 is 10.6 Å². The van der Waals surface area contributed by atoms with Crippen molar-refractivity contribution >= 4 is 17.3 Å². The number of methoxy groups -OCH3 is 1. The number of rotatable bonds is 6. The number of benzene rings is 1. The number of aromatic nitrogens is 1. The van der Waals surface area contributed by atoms with Crippen molar-refractivity contribution in [1.29, 1.82) is 0 Å². The van der Waals surface area contributed by atoms with Gasteiger partial charge in [0, 0.05) is 19.3 Å². The third-order valence-corrected chi connectivity index (χ3v) is 2.66. The van der Waals surface area contributed by atoms with Gasteiger partial charge in [0.05, 0.1) is 18.5 Å². The monoisotopic (exact) mass is 271 g/mol. The molecule has 0 radical (unpaired) electrons. The normalized spacial score (nSPS) is 10.1. The summed E-state index contributed by atoms with van der Waals surface area (Å²) in [5.41, 5.74) is 1.99. The lowest BCUT2D eigenvalue weighted by atomic mass is 10.3. The fraction of sp³-hybridized carbons (Fsp3) is 0.200. The summed E-state index contributed by atoms with van der Waals surface area (Å²) in [5, 5.41) is 5.93. The highest BCUT2D eigenvalue weighted by Gasteiger charge is 2.07. The van der Waals surface area contributed by atoms with E-state index in [2.05, 4.69) is 15.6 Å². The molecule has 5 nitrogen and oxygen atoms in total. The SMILES string of the molecule is COCCNc1ccc(C(=O)Nc2ccccc2)nc1. The smallest absolute Gasteiger partial charge is 0.274 e. The molecule has 2 rings (SSSR count). The fourth-order valence-corrected chi connectivity index (χ4v) is 1.65. The topological polar surface area (TPSA) is 63.2 Å². The highest BCUT2D eigenvalue weighted by Crippen LogP contribution is 2.09. The first-order valence-electron chi connectivity index (χ1n) is 6.35. The number of amides is 1. The Morgan fingerprint density at radius 1 is 1.15 bits per heavy atom. The highest BCUT2D eigenvalue weighted by atomic mass is 16.5. The van der Waals surface area contributed by atoms with Crippen molar-refractivity contribution < 1.29 is 9.53 Å². The van der Waals surface area contributed by atoms with Gasteiger partial charge in [-0.2, -0.15) is 0 Å². The molecule has 1 aromatic heterocycles. The molecule has 1 heterocycles. The van der Waals surface area contributed by atoms with Crippen LogP contribution in [0, 0.1) is 0 Å². The van der Waals surface area contributed by atoms with Crippen LogP contribution in [0.2, 0.25) is 0 Å².